The van der Waals surface area contributed by atoms with Crippen molar-refractivity contribution in [2.75, 3.05) is 7.11 Å². The lowest BCUT2D eigenvalue weighted by Gasteiger charge is -2.42. The molecule has 0 aromatic heterocycles. The van der Waals surface area contributed by atoms with E-state index in [1.54, 1.807) is 25.3 Å². The van der Waals surface area contributed by atoms with Crippen LogP contribution in [0.25, 0.3) is 17.2 Å². The molecule has 1 aliphatic rings. The number of aliphatic carboxylic acids is 1. The number of ether oxygens (including phenoxy) is 2. The van der Waals surface area contributed by atoms with E-state index in [-0.39, 0.29) is 16.6 Å². The Hall–Kier alpha value is -3.73. The minimum atomic E-state index is -1.02. The van der Waals surface area contributed by atoms with Crippen LogP contribution in [0.5, 0.6) is 17.2 Å². The molecule has 0 saturated carbocycles. The van der Waals surface area contributed by atoms with E-state index in [0.29, 0.717) is 23.5 Å². The Balaban J connectivity index is 1.86. The van der Waals surface area contributed by atoms with Crippen LogP contribution in [0.4, 0.5) is 0 Å². The van der Waals surface area contributed by atoms with Crippen molar-refractivity contribution in [2.24, 2.45) is 0 Å². The van der Waals surface area contributed by atoms with Gasteiger partial charge in [0.2, 0.25) is 0 Å². The van der Waals surface area contributed by atoms with E-state index in [1.807, 2.05) is 24.3 Å². The van der Waals surface area contributed by atoms with Gasteiger partial charge in [0.15, 0.2) is 0 Å². The quantitative estimate of drug-likeness (QED) is 0.349. The molecule has 0 fully saturated rings. The van der Waals surface area contributed by atoms with E-state index in [0.717, 1.165) is 35.8 Å². The smallest absolute Gasteiger partial charge is 0.328 e. The number of phenols is 1. The second-order valence-electron chi connectivity index (χ2n) is 10.8. The van der Waals surface area contributed by atoms with E-state index < -0.39 is 5.97 Å². The number of hydrogen-bond acceptors (Lipinski definition) is 4. The van der Waals surface area contributed by atoms with Crippen molar-refractivity contribution < 1.29 is 24.5 Å². The van der Waals surface area contributed by atoms with Crippen LogP contribution in [-0.2, 0) is 22.2 Å². The Labute approximate surface area is 213 Å². The first-order chi connectivity index (χ1) is 17.0. The molecule has 0 amide bonds. The fourth-order valence-electron chi connectivity index (χ4n) is 4.89. The van der Waals surface area contributed by atoms with Gasteiger partial charge in [0, 0.05) is 17.2 Å². The van der Waals surface area contributed by atoms with E-state index in [9.17, 15) is 9.90 Å². The van der Waals surface area contributed by atoms with Crippen LogP contribution in [0, 0.1) is 0 Å². The van der Waals surface area contributed by atoms with Crippen LogP contribution < -0.4 is 9.47 Å². The number of benzene rings is 3. The molecule has 0 saturated heterocycles. The third-order valence-corrected chi connectivity index (χ3v) is 7.21. The number of carboxylic acid groups (broad SMARTS) is 1. The molecule has 36 heavy (non-hydrogen) atoms. The second kappa shape index (κ2) is 9.73. The van der Waals surface area contributed by atoms with Crippen LogP contribution in [-0.4, -0.2) is 23.3 Å². The molecule has 2 N–H and O–H groups in total. The second-order valence-corrected chi connectivity index (χ2v) is 10.8. The summed E-state index contributed by atoms with van der Waals surface area (Å²) in [5.74, 6) is 0.531. The van der Waals surface area contributed by atoms with E-state index in [2.05, 4.69) is 39.8 Å². The topological polar surface area (TPSA) is 76.0 Å². The maximum atomic E-state index is 11.0. The molecule has 3 aromatic carbocycles. The Kier molecular flexibility index (Phi) is 6.85. The molecule has 0 aliphatic heterocycles. The number of carbonyl (C=O) groups is 1. The van der Waals surface area contributed by atoms with Crippen LogP contribution in [0.3, 0.4) is 0 Å². The zero-order valence-corrected chi connectivity index (χ0v) is 21.6. The summed E-state index contributed by atoms with van der Waals surface area (Å²) in [5, 5.41) is 19.9. The number of aromatic hydroxyl groups is 1. The van der Waals surface area contributed by atoms with Gasteiger partial charge in [0.05, 0.1) is 7.11 Å². The number of rotatable bonds is 7. The predicted molar refractivity (Wildman–Crippen MR) is 143 cm³/mol. The van der Waals surface area contributed by atoms with Crippen molar-refractivity contribution in [3.8, 4) is 28.4 Å². The Bertz CT molecular complexity index is 1320. The van der Waals surface area contributed by atoms with Crippen molar-refractivity contribution in [1.82, 2.24) is 0 Å². The third-order valence-electron chi connectivity index (χ3n) is 7.21. The van der Waals surface area contributed by atoms with Gasteiger partial charge in [-0.3, -0.25) is 0 Å². The highest BCUT2D eigenvalue weighted by Crippen LogP contribution is 2.50. The van der Waals surface area contributed by atoms with E-state index >= 15 is 0 Å². The van der Waals surface area contributed by atoms with Gasteiger partial charge >= 0.3 is 5.97 Å². The zero-order valence-electron chi connectivity index (χ0n) is 21.6. The summed E-state index contributed by atoms with van der Waals surface area (Å²) in [7, 11) is 1.64. The maximum absolute atomic E-state index is 11.0. The first-order valence-corrected chi connectivity index (χ1v) is 12.2. The number of hydrogen-bond donors (Lipinski definition) is 2. The van der Waals surface area contributed by atoms with Crippen molar-refractivity contribution in [1.29, 1.82) is 0 Å². The van der Waals surface area contributed by atoms with Crippen LogP contribution >= 0.6 is 0 Å². The molecule has 0 radical (unpaired) electrons. The predicted octanol–water partition coefficient (Wildman–Crippen LogP) is 7.09. The summed E-state index contributed by atoms with van der Waals surface area (Å²) >= 11 is 0. The molecular weight excluding hydrogens is 452 g/mol. The molecule has 0 unspecified atom stereocenters. The molecular formula is C31H34O5. The molecule has 188 valence electrons. The summed E-state index contributed by atoms with van der Waals surface area (Å²) in [4.78, 5) is 11.0. The Morgan fingerprint density at radius 1 is 0.944 bits per heavy atom. The number of methoxy groups -OCH3 is 1. The highest BCUT2D eigenvalue weighted by atomic mass is 16.5. The molecule has 0 spiro atoms. The number of fused-ring (bicyclic) bond motifs is 1. The Morgan fingerprint density at radius 3 is 2.31 bits per heavy atom. The standard InChI is InChI=1S/C31H34O5/c1-30(2)13-14-31(3,4)26-18-28(36-19-21-7-6-8-22(15-21)35-5)24(17-25(26)30)23-16-20(9-11-27(23)32)10-12-29(33)34/h6-12,15-18,32H,13-14,19H2,1-5H3,(H,33,34). The Morgan fingerprint density at radius 2 is 1.64 bits per heavy atom. The summed E-state index contributed by atoms with van der Waals surface area (Å²) in [6.45, 7) is 9.38. The minimum Gasteiger partial charge on any atom is -0.507 e. The number of phenolic OH excluding ortho intramolecular Hbond substituents is 1. The summed E-state index contributed by atoms with van der Waals surface area (Å²) in [6, 6.07) is 17.1. The fourth-order valence-corrected chi connectivity index (χ4v) is 4.89. The highest BCUT2D eigenvalue weighted by Gasteiger charge is 2.38. The zero-order chi connectivity index (χ0) is 26.1. The van der Waals surface area contributed by atoms with Crippen molar-refractivity contribution >= 4 is 12.0 Å². The molecule has 3 aromatic rings. The lowest BCUT2D eigenvalue weighted by molar-refractivity contribution is -0.131. The van der Waals surface area contributed by atoms with Gasteiger partial charge in [-0.2, -0.15) is 0 Å². The molecule has 0 atom stereocenters. The number of carboxylic acids is 1. The summed E-state index contributed by atoms with van der Waals surface area (Å²) < 4.78 is 11.8. The largest absolute Gasteiger partial charge is 0.507 e. The first kappa shape index (κ1) is 25.4. The third kappa shape index (κ3) is 5.25. The molecule has 1 aliphatic carbocycles. The van der Waals surface area contributed by atoms with E-state index in [4.69, 9.17) is 14.6 Å². The fraction of sp³-hybridized carbons (Fsp3) is 0.323. The SMILES string of the molecule is COc1cccc(COc2cc3c(cc2-c2cc(C=CC(=O)O)ccc2O)C(C)(C)CCC3(C)C)c1. The van der Waals surface area contributed by atoms with Gasteiger partial charge < -0.3 is 19.7 Å². The van der Waals surface area contributed by atoms with Gasteiger partial charge in [-0.05, 0) is 88.4 Å². The molecule has 4 rings (SSSR count). The normalized spacial score (nSPS) is 15.9. The van der Waals surface area contributed by atoms with Crippen molar-refractivity contribution in [2.45, 2.75) is 58.0 Å². The van der Waals surface area contributed by atoms with Gasteiger partial charge in [0.25, 0.3) is 0 Å². The minimum absolute atomic E-state index is 0.00835. The molecule has 5 nitrogen and oxygen atoms in total. The van der Waals surface area contributed by atoms with Gasteiger partial charge in [-0.25, -0.2) is 4.79 Å². The van der Waals surface area contributed by atoms with Gasteiger partial charge in [0.1, 0.15) is 23.9 Å². The summed E-state index contributed by atoms with van der Waals surface area (Å²) in [6.07, 6.45) is 4.74. The van der Waals surface area contributed by atoms with Crippen LogP contribution in [0.1, 0.15) is 62.8 Å². The lowest BCUT2D eigenvalue weighted by Crippen LogP contribution is -2.33. The van der Waals surface area contributed by atoms with Crippen molar-refractivity contribution in [3.63, 3.8) is 0 Å². The monoisotopic (exact) mass is 486 g/mol. The highest BCUT2D eigenvalue weighted by molar-refractivity contribution is 5.86. The van der Waals surface area contributed by atoms with Crippen molar-refractivity contribution in [3.05, 3.63) is 82.9 Å². The van der Waals surface area contributed by atoms with Crippen LogP contribution in [0.15, 0.2) is 60.7 Å². The summed E-state index contributed by atoms with van der Waals surface area (Å²) in [5.41, 5.74) is 5.50. The molecule has 5 heteroatoms. The lowest BCUT2D eigenvalue weighted by atomic mass is 9.62. The van der Waals surface area contributed by atoms with Gasteiger partial charge in [-0.1, -0.05) is 45.9 Å². The molecule has 0 bridgehead atoms. The maximum Gasteiger partial charge on any atom is 0.328 e. The van der Waals surface area contributed by atoms with E-state index in [1.165, 1.54) is 17.2 Å². The average molecular weight is 487 g/mol. The van der Waals surface area contributed by atoms with Gasteiger partial charge in [-0.15, -0.1) is 0 Å². The average Bonchev–Trinajstić information content (AvgIpc) is 2.85. The molecule has 0 heterocycles. The first-order valence-electron chi connectivity index (χ1n) is 12.2. The van der Waals surface area contributed by atoms with Crippen LogP contribution in [0.2, 0.25) is 0 Å².